The molecule has 0 bridgehead atoms. The fourth-order valence-electron chi connectivity index (χ4n) is 0.908. The average molecular weight is 228 g/mol. The van der Waals surface area contributed by atoms with E-state index in [2.05, 4.69) is 9.68 Å². The van der Waals surface area contributed by atoms with Crippen LogP contribution < -0.4 is 0 Å². The van der Waals surface area contributed by atoms with Gasteiger partial charge in [-0.2, -0.15) is 4.39 Å². The van der Waals surface area contributed by atoms with Crippen molar-refractivity contribution in [3.8, 4) is 0 Å². The lowest BCUT2D eigenvalue weighted by Crippen LogP contribution is -2.38. The van der Waals surface area contributed by atoms with Gasteiger partial charge in [0, 0.05) is 0 Å². The smallest absolute Gasteiger partial charge is 0.378 e. The van der Waals surface area contributed by atoms with E-state index in [1.165, 1.54) is 0 Å². The van der Waals surface area contributed by atoms with E-state index in [1.807, 2.05) is 6.92 Å². The number of esters is 1. The Bertz CT molecular complexity index is 183. The van der Waals surface area contributed by atoms with Gasteiger partial charge in [-0.25, -0.2) is 9.18 Å². The summed E-state index contributed by atoms with van der Waals surface area (Å²) in [6, 6.07) is 0. The highest BCUT2D eigenvalue weighted by molar-refractivity contribution is 5.77. The van der Waals surface area contributed by atoms with E-state index in [-0.39, 0.29) is 6.61 Å². The molecule has 1 unspecified atom stereocenters. The lowest BCUT2D eigenvalue weighted by atomic mass is 10.2. The van der Waals surface area contributed by atoms with Crippen molar-refractivity contribution < 1.29 is 27.8 Å². The summed E-state index contributed by atoms with van der Waals surface area (Å²) in [6.07, 6.45) is 3.31. The summed E-state index contributed by atoms with van der Waals surface area (Å²) >= 11 is 0. The van der Waals surface area contributed by atoms with Gasteiger partial charge in [-0.15, -0.1) is 4.94 Å². The molecular formula is C9H15F3O3. The number of alkyl halides is 2. The fourth-order valence-corrected chi connectivity index (χ4v) is 0.908. The average Bonchev–Trinajstić information content (AvgIpc) is 2.27. The molecule has 0 aliphatic heterocycles. The van der Waals surface area contributed by atoms with Gasteiger partial charge in [0.05, 0.1) is 6.61 Å². The minimum Gasteiger partial charge on any atom is -0.461 e. The van der Waals surface area contributed by atoms with Crippen molar-refractivity contribution in [1.29, 1.82) is 0 Å². The number of unbranched alkanes of at least 4 members (excludes halogenated alkanes) is 3. The SMILES string of the molecule is CCCCCCOC(=O)C(F)(CF)OF. The van der Waals surface area contributed by atoms with Crippen LogP contribution in [0.2, 0.25) is 0 Å². The molecule has 0 aliphatic carbocycles. The van der Waals surface area contributed by atoms with Crippen LogP contribution in [0.1, 0.15) is 32.6 Å². The lowest BCUT2D eigenvalue weighted by Gasteiger charge is -2.14. The second-order valence-corrected chi connectivity index (χ2v) is 3.14. The van der Waals surface area contributed by atoms with Crippen LogP contribution in [0.5, 0.6) is 0 Å². The van der Waals surface area contributed by atoms with Gasteiger partial charge in [0.15, 0.2) is 6.67 Å². The first-order valence-corrected chi connectivity index (χ1v) is 4.82. The molecule has 0 amide bonds. The number of hydrogen-bond donors (Lipinski definition) is 0. The third-order valence-electron chi connectivity index (χ3n) is 1.83. The molecule has 0 saturated carbocycles. The third-order valence-corrected chi connectivity index (χ3v) is 1.83. The standard InChI is InChI=1S/C9H15F3O3/c1-2-3-4-5-6-14-8(13)9(11,7-10)15-12/h2-7H2,1H3. The van der Waals surface area contributed by atoms with Crippen LogP contribution in [0.4, 0.5) is 13.3 Å². The van der Waals surface area contributed by atoms with Crippen molar-refractivity contribution >= 4 is 5.97 Å². The Morgan fingerprint density at radius 1 is 1.33 bits per heavy atom. The molecule has 1 atom stereocenters. The van der Waals surface area contributed by atoms with E-state index in [0.717, 1.165) is 19.3 Å². The zero-order chi connectivity index (χ0) is 11.7. The molecule has 3 nitrogen and oxygen atoms in total. The van der Waals surface area contributed by atoms with Crippen LogP contribution in [0.25, 0.3) is 0 Å². The molecule has 0 radical (unpaired) electrons. The van der Waals surface area contributed by atoms with Crippen molar-refractivity contribution in [2.45, 2.75) is 38.5 Å². The minimum atomic E-state index is -3.61. The van der Waals surface area contributed by atoms with Gasteiger partial charge < -0.3 is 4.74 Å². The van der Waals surface area contributed by atoms with Crippen LogP contribution in [-0.2, 0) is 14.5 Å². The number of hydrogen-bond acceptors (Lipinski definition) is 3. The van der Waals surface area contributed by atoms with Crippen molar-refractivity contribution in [1.82, 2.24) is 0 Å². The molecule has 0 spiro atoms. The number of carbonyl (C=O) groups excluding carboxylic acids is 1. The highest BCUT2D eigenvalue weighted by Gasteiger charge is 2.44. The van der Waals surface area contributed by atoms with Crippen LogP contribution in [-0.4, -0.2) is 25.1 Å². The molecule has 90 valence electrons. The molecular weight excluding hydrogens is 213 g/mol. The Kier molecular flexibility index (Phi) is 7.11. The molecule has 0 aliphatic rings. The second kappa shape index (κ2) is 7.50. The minimum absolute atomic E-state index is 0.0616. The zero-order valence-corrected chi connectivity index (χ0v) is 8.60. The Labute approximate surface area is 86.4 Å². The Balaban J connectivity index is 3.73. The molecule has 0 heterocycles. The third kappa shape index (κ3) is 5.01. The van der Waals surface area contributed by atoms with Crippen molar-refractivity contribution in [3.05, 3.63) is 0 Å². The van der Waals surface area contributed by atoms with Gasteiger partial charge >= 0.3 is 11.8 Å². The predicted molar refractivity (Wildman–Crippen MR) is 47.1 cm³/mol. The highest BCUT2D eigenvalue weighted by atomic mass is 19.3. The van der Waals surface area contributed by atoms with E-state index in [0.29, 0.717) is 6.42 Å². The molecule has 0 N–H and O–H groups in total. The van der Waals surface area contributed by atoms with Crippen LogP contribution in [0.15, 0.2) is 0 Å². The molecule has 6 heteroatoms. The highest BCUT2D eigenvalue weighted by Crippen LogP contribution is 2.17. The molecule has 0 aromatic rings. The van der Waals surface area contributed by atoms with Gasteiger partial charge in [0.2, 0.25) is 0 Å². The molecule has 0 saturated heterocycles. The Morgan fingerprint density at radius 2 is 2.00 bits per heavy atom. The summed E-state index contributed by atoms with van der Waals surface area (Å²) in [5.74, 6) is -5.27. The van der Waals surface area contributed by atoms with Gasteiger partial charge in [-0.05, 0) is 10.9 Å². The van der Waals surface area contributed by atoms with E-state index < -0.39 is 18.5 Å². The van der Waals surface area contributed by atoms with E-state index in [9.17, 15) is 18.1 Å². The summed E-state index contributed by atoms with van der Waals surface area (Å²) < 4.78 is 40.5. The lowest BCUT2D eigenvalue weighted by molar-refractivity contribution is -0.294. The maximum absolute atomic E-state index is 12.8. The summed E-state index contributed by atoms with van der Waals surface area (Å²) in [5, 5.41) is 0. The quantitative estimate of drug-likeness (QED) is 0.473. The van der Waals surface area contributed by atoms with Gasteiger partial charge in [0.25, 0.3) is 0 Å². The number of halogens is 3. The Hall–Kier alpha value is -0.780. The van der Waals surface area contributed by atoms with Gasteiger partial charge in [-0.3, -0.25) is 0 Å². The maximum atomic E-state index is 12.8. The topological polar surface area (TPSA) is 35.5 Å². The molecule has 0 fully saturated rings. The monoisotopic (exact) mass is 228 g/mol. The first kappa shape index (κ1) is 14.2. The van der Waals surface area contributed by atoms with E-state index in [4.69, 9.17) is 0 Å². The van der Waals surface area contributed by atoms with Crippen LogP contribution in [0, 0.1) is 0 Å². The summed E-state index contributed by atoms with van der Waals surface area (Å²) in [5.41, 5.74) is 0. The van der Waals surface area contributed by atoms with Crippen LogP contribution in [0.3, 0.4) is 0 Å². The van der Waals surface area contributed by atoms with Crippen molar-refractivity contribution in [3.63, 3.8) is 0 Å². The summed E-state index contributed by atoms with van der Waals surface area (Å²) in [4.78, 5) is 13.4. The van der Waals surface area contributed by atoms with Gasteiger partial charge in [-0.1, -0.05) is 26.2 Å². The first-order chi connectivity index (χ1) is 7.10. The van der Waals surface area contributed by atoms with Crippen molar-refractivity contribution in [2.75, 3.05) is 13.3 Å². The van der Waals surface area contributed by atoms with Crippen molar-refractivity contribution in [2.24, 2.45) is 0 Å². The maximum Gasteiger partial charge on any atom is 0.378 e. The van der Waals surface area contributed by atoms with Gasteiger partial charge in [0.1, 0.15) is 0 Å². The zero-order valence-electron chi connectivity index (χ0n) is 8.60. The molecule has 0 aromatic heterocycles. The largest absolute Gasteiger partial charge is 0.461 e. The second-order valence-electron chi connectivity index (χ2n) is 3.14. The van der Waals surface area contributed by atoms with E-state index >= 15 is 0 Å². The van der Waals surface area contributed by atoms with E-state index in [1.54, 1.807) is 0 Å². The summed E-state index contributed by atoms with van der Waals surface area (Å²) in [6.45, 7) is 0.0315. The number of ether oxygens (including phenoxy) is 1. The normalized spacial score (nSPS) is 14.7. The first-order valence-electron chi connectivity index (χ1n) is 4.82. The molecule has 15 heavy (non-hydrogen) atoms. The Morgan fingerprint density at radius 3 is 2.47 bits per heavy atom. The van der Waals surface area contributed by atoms with Crippen LogP contribution >= 0.6 is 0 Å². The predicted octanol–water partition coefficient (Wildman–Crippen LogP) is 2.65. The fraction of sp³-hybridized carbons (Fsp3) is 0.889. The molecule has 0 aromatic carbocycles. The number of carbonyl (C=O) groups is 1. The molecule has 0 rings (SSSR count). The summed E-state index contributed by atoms with van der Waals surface area (Å²) in [7, 11) is 0. The number of rotatable bonds is 8.